The van der Waals surface area contributed by atoms with Crippen molar-refractivity contribution in [1.29, 1.82) is 0 Å². The summed E-state index contributed by atoms with van der Waals surface area (Å²) in [6, 6.07) is 0. The Morgan fingerprint density at radius 2 is 1.33 bits per heavy atom. The normalized spacial score (nSPS) is 11.9. The number of unbranched alkanes of at least 4 members (excludes halogenated alkanes) is 8. The molecule has 0 spiro atoms. The van der Waals surface area contributed by atoms with Crippen LogP contribution in [0.25, 0.3) is 0 Å². The van der Waals surface area contributed by atoms with Crippen LogP contribution in [0.5, 0.6) is 0 Å². The lowest BCUT2D eigenvalue weighted by molar-refractivity contribution is -0.121. The van der Waals surface area contributed by atoms with E-state index in [2.05, 4.69) is 48.7 Å². The summed E-state index contributed by atoms with van der Waals surface area (Å²) in [6.45, 7) is 3.28. The van der Waals surface area contributed by atoms with Gasteiger partial charge in [0.2, 0.25) is 5.91 Å². The van der Waals surface area contributed by atoms with Crippen molar-refractivity contribution in [2.45, 2.75) is 96.8 Å². The van der Waals surface area contributed by atoms with Crippen molar-refractivity contribution < 1.29 is 9.90 Å². The fourth-order valence-electron chi connectivity index (χ4n) is 2.74. The van der Waals surface area contributed by atoms with Crippen LogP contribution in [-0.4, -0.2) is 24.2 Å². The predicted molar refractivity (Wildman–Crippen MR) is 118 cm³/mol. The number of allylic oxidation sites excluding steroid dienone is 6. The highest BCUT2D eigenvalue weighted by Crippen LogP contribution is 2.03. The maximum absolute atomic E-state index is 11.7. The smallest absolute Gasteiger partial charge is 0.219 e. The van der Waals surface area contributed by atoms with Gasteiger partial charge >= 0.3 is 0 Å². The molecule has 0 aliphatic heterocycles. The molecule has 0 saturated carbocycles. The average molecular weight is 378 g/mol. The van der Waals surface area contributed by atoms with Gasteiger partial charge in [0.25, 0.3) is 0 Å². The Kier molecular flexibility index (Phi) is 21.6. The van der Waals surface area contributed by atoms with Crippen molar-refractivity contribution in [3.05, 3.63) is 36.5 Å². The van der Waals surface area contributed by atoms with Gasteiger partial charge in [0.05, 0.1) is 0 Å². The Balaban J connectivity index is 3.36. The summed E-state index contributed by atoms with van der Waals surface area (Å²) in [5, 5.41) is 11.7. The molecule has 2 N–H and O–H groups in total. The van der Waals surface area contributed by atoms with Crippen LogP contribution < -0.4 is 5.32 Å². The van der Waals surface area contributed by atoms with Crippen molar-refractivity contribution >= 4 is 5.91 Å². The minimum Gasteiger partial charge on any atom is -0.396 e. The maximum Gasteiger partial charge on any atom is 0.219 e. The van der Waals surface area contributed by atoms with Crippen molar-refractivity contribution in [2.75, 3.05) is 13.2 Å². The second-order valence-electron chi connectivity index (χ2n) is 7.11. The fraction of sp³-hybridized carbons (Fsp3) is 0.708. The van der Waals surface area contributed by atoms with Crippen LogP contribution in [-0.2, 0) is 4.79 Å². The van der Waals surface area contributed by atoms with Crippen LogP contribution in [0, 0.1) is 0 Å². The van der Waals surface area contributed by atoms with E-state index in [4.69, 9.17) is 5.11 Å². The Bertz CT molecular complexity index is 399. The summed E-state index contributed by atoms with van der Waals surface area (Å²) in [5.41, 5.74) is 0. The van der Waals surface area contributed by atoms with Crippen LogP contribution in [0.4, 0.5) is 0 Å². The molecule has 0 aromatic carbocycles. The molecule has 0 radical (unpaired) electrons. The van der Waals surface area contributed by atoms with E-state index in [9.17, 15) is 4.79 Å². The number of hydrogen-bond donors (Lipinski definition) is 2. The van der Waals surface area contributed by atoms with Gasteiger partial charge in [-0.05, 0) is 57.8 Å². The van der Waals surface area contributed by atoms with Crippen LogP contribution in [0.2, 0.25) is 0 Å². The molecular weight excluding hydrogens is 334 g/mol. The zero-order valence-corrected chi connectivity index (χ0v) is 17.6. The van der Waals surface area contributed by atoms with E-state index < -0.39 is 0 Å². The maximum atomic E-state index is 11.7. The van der Waals surface area contributed by atoms with Crippen LogP contribution >= 0.6 is 0 Å². The third-order valence-corrected chi connectivity index (χ3v) is 4.45. The van der Waals surface area contributed by atoms with Crippen molar-refractivity contribution in [1.82, 2.24) is 5.32 Å². The van der Waals surface area contributed by atoms with E-state index in [-0.39, 0.29) is 12.5 Å². The van der Waals surface area contributed by atoms with Gasteiger partial charge in [-0.3, -0.25) is 4.79 Å². The zero-order valence-electron chi connectivity index (χ0n) is 17.6. The molecule has 0 aromatic rings. The Hall–Kier alpha value is -1.35. The molecule has 0 bridgehead atoms. The lowest BCUT2D eigenvalue weighted by atomic mass is 10.1. The number of hydrogen-bond acceptors (Lipinski definition) is 2. The zero-order chi connectivity index (χ0) is 19.8. The molecule has 0 unspecified atom stereocenters. The molecule has 0 rings (SSSR count). The molecule has 0 saturated heterocycles. The average Bonchev–Trinajstić information content (AvgIpc) is 2.67. The summed E-state index contributed by atoms with van der Waals surface area (Å²) in [7, 11) is 0. The molecule has 3 nitrogen and oxygen atoms in total. The standard InChI is InChI=1S/C24H43NO2/c1-2-3-4-5-6-7-8-9-10-11-12-13-14-15-18-21-24(27)25-22-19-16-17-20-23-26/h6-7,9-10,12-13,26H,2-5,8,11,14-23H2,1H3,(H,25,27)/b7-6-,10-9-,13-12-. The molecule has 0 fully saturated rings. The fourth-order valence-corrected chi connectivity index (χ4v) is 2.74. The number of rotatable bonds is 19. The van der Waals surface area contributed by atoms with E-state index in [1.54, 1.807) is 0 Å². The number of aliphatic hydroxyl groups excluding tert-OH is 1. The molecule has 27 heavy (non-hydrogen) atoms. The van der Waals surface area contributed by atoms with E-state index in [1.807, 2.05) is 0 Å². The molecule has 3 heteroatoms. The number of aliphatic hydroxyl groups is 1. The number of amides is 1. The van der Waals surface area contributed by atoms with Gasteiger partial charge in [-0.1, -0.05) is 69.1 Å². The second kappa shape index (κ2) is 22.7. The molecule has 0 aliphatic carbocycles. The quantitative estimate of drug-likeness (QED) is 0.207. The van der Waals surface area contributed by atoms with E-state index in [0.29, 0.717) is 6.42 Å². The molecule has 0 aliphatic rings. The number of nitrogens with one attached hydrogen (secondary N) is 1. The Morgan fingerprint density at radius 1 is 0.741 bits per heavy atom. The van der Waals surface area contributed by atoms with Gasteiger partial charge in [-0.15, -0.1) is 0 Å². The summed E-state index contributed by atoms with van der Waals surface area (Å²) in [5.74, 6) is 0.173. The highest BCUT2D eigenvalue weighted by molar-refractivity contribution is 5.75. The molecule has 0 atom stereocenters. The first-order chi connectivity index (χ1) is 13.3. The molecule has 0 aromatic heterocycles. The molecule has 1 amide bonds. The van der Waals surface area contributed by atoms with Gasteiger partial charge in [-0.25, -0.2) is 0 Å². The minimum absolute atomic E-state index is 0.173. The Labute approximate surface area is 168 Å². The molecular formula is C24H43NO2. The molecule has 0 heterocycles. The first-order valence-electron chi connectivity index (χ1n) is 11.1. The minimum atomic E-state index is 0.173. The first kappa shape index (κ1) is 25.6. The third-order valence-electron chi connectivity index (χ3n) is 4.45. The summed E-state index contributed by atoms with van der Waals surface area (Å²) in [4.78, 5) is 11.7. The summed E-state index contributed by atoms with van der Waals surface area (Å²) < 4.78 is 0. The van der Waals surface area contributed by atoms with E-state index >= 15 is 0 Å². The van der Waals surface area contributed by atoms with Gasteiger partial charge in [0, 0.05) is 19.6 Å². The van der Waals surface area contributed by atoms with Gasteiger partial charge < -0.3 is 10.4 Å². The summed E-state index contributed by atoms with van der Waals surface area (Å²) >= 11 is 0. The van der Waals surface area contributed by atoms with E-state index in [1.165, 1.54) is 25.7 Å². The number of carbonyl (C=O) groups is 1. The lowest BCUT2D eigenvalue weighted by Crippen LogP contribution is -2.23. The highest BCUT2D eigenvalue weighted by Gasteiger charge is 1.99. The number of carbonyl (C=O) groups excluding carboxylic acids is 1. The van der Waals surface area contributed by atoms with Crippen molar-refractivity contribution in [3.63, 3.8) is 0 Å². The Morgan fingerprint density at radius 3 is 1.96 bits per heavy atom. The topological polar surface area (TPSA) is 49.3 Å². The largest absolute Gasteiger partial charge is 0.396 e. The van der Waals surface area contributed by atoms with Gasteiger partial charge in [-0.2, -0.15) is 0 Å². The van der Waals surface area contributed by atoms with Gasteiger partial charge in [0.1, 0.15) is 0 Å². The van der Waals surface area contributed by atoms with Crippen LogP contribution in [0.1, 0.15) is 96.8 Å². The summed E-state index contributed by atoms with van der Waals surface area (Å²) in [6.07, 6.45) is 28.4. The SMILES string of the molecule is CCCCC/C=C\C/C=C\C/C=C\CCCCC(=O)NCCCCCCO. The third kappa shape index (κ3) is 22.6. The van der Waals surface area contributed by atoms with Gasteiger partial charge in [0.15, 0.2) is 0 Å². The van der Waals surface area contributed by atoms with Crippen molar-refractivity contribution in [3.8, 4) is 0 Å². The van der Waals surface area contributed by atoms with Crippen LogP contribution in [0.3, 0.4) is 0 Å². The van der Waals surface area contributed by atoms with Crippen LogP contribution in [0.15, 0.2) is 36.5 Å². The first-order valence-corrected chi connectivity index (χ1v) is 11.1. The van der Waals surface area contributed by atoms with E-state index in [0.717, 1.165) is 64.3 Å². The predicted octanol–water partition coefficient (Wildman–Crippen LogP) is 6.24. The molecule has 156 valence electrons. The lowest BCUT2D eigenvalue weighted by Gasteiger charge is -2.04. The second-order valence-corrected chi connectivity index (χ2v) is 7.11. The highest BCUT2D eigenvalue weighted by atomic mass is 16.2. The monoisotopic (exact) mass is 377 g/mol. The van der Waals surface area contributed by atoms with Crippen molar-refractivity contribution in [2.24, 2.45) is 0 Å².